The van der Waals surface area contributed by atoms with Gasteiger partial charge in [-0.3, -0.25) is 9.69 Å². The Kier molecular flexibility index (Phi) is 3.01. The zero-order chi connectivity index (χ0) is 11.1. The first-order valence-corrected chi connectivity index (χ1v) is 7.90. The van der Waals surface area contributed by atoms with E-state index >= 15 is 0 Å². The van der Waals surface area contributed by atoms with E-state index in [1.807, 2.05) is 11.8 Å². The van der Waals surface area contributed by atoms with Crippen LogP contribution in [0.2, 0.25) is 0 Å². The fourth-order valence-electron chi connectivity index (χ4n) is 4.07. The molecule has 4 unspecified atom stereocenters. The van der Waals surface area contributed by atoms with Crippen molar-refractivity contribution in [2.75, 3.05) is 6.26 Å². The normalized spacial score (nSPS) is 44.2. The zero-order valence-electron chi connectivity index (χ0n) is 10.0. The van der Waals surface area contributed by atoms with Crippen LogP contribution in [0.3, 0.4) is 0 Å². The van der Waals surface area contributed by atoms with Gasteiger partial charge < -0.3 is 0 Å². The number of piperidine rings is 1. The number of thioether (sulfide) groups is 1. The molecule has 2 heterocycles. The molecule has 0 aromatic rings. The lowest BCUT2D eigenvalue weighted by atomic mass is 9.98. The Balaban J connectivity index is 1.77. The van der Waals surface area contributed by atoms with E-state index < -0.39 is 0 Å². The highest BCUT2D eigenvalue weighted by molar-refractivity contribution is 7.99. The predicted molar refractivity (Wildman–Crippen MR) is 67.8 cm³/mol. The van der Waals surface area contributed by atoms with Crippen LogP contribution in [0.15, 0.2) is 0 Å². The smallest absolute Gasteiger partial charge is 0.136 e. The molecule has 2 aliphatic heterocycles. The average Bonchev–Trinajstić information content (AvgIpc) is 2.81. The lowest BCUT2D eigenvalue weighted by molar-refractivity contribution is -0.124. The molecular weight excluding hydrogens is 218 g/mol. The summed E-state index contributed by atoms with van der Waals surface area (Å²) in [7, 11) is 0. The number of ketones is 1. The molecule has 3 rings (SSSR count). The van der Waals surface area contributed by atoms with E-state index in [4.69, 9.17) is 0 Å². The molecule has 0 amide bonds. The molecule has 3 aliphatic rings. The van der Waals surface area contributed by atoms with Gasteiger partial charge in [-0.15, -0.1) is 0 Å². The Morgan fingerprint density at radius 1 is 1.12 bits per heavy atom. The van der Waals surface area contributed by atoms with Crippen molar-refractivity contribution >= 4 is 17.5 Å². The van der Waals surface area contributed by atoms with Gasteiger partial charge in [0.25, 0.3) is 0 Å². The largest absolute Gasteiger partial charge is 0.300 e. The third-order valence-corrected chi connectivity index (χ3v) is 5.86. The Hall–Kier alpha value is -0.0200. The Morgan fingerprint density at radius 3 is 2.44 bits per heavy atom. The third kappa shape index (κ3) is 1.72. The van der Waals surface area contributed by atoms with Crippen molar-refractivity contribution in [3.05, 3.63) is 0 Å². The number of Topliss-reactive ketones (excluding diaryl/α,β-unsaturated/α-hetero) is 1. The molecule has 0 radical (unpaired) electrons. The third-order valence-electron chi connectivity index (χ3n) is 4.71. The highest BCUT2D eigenvalue weighted by Crippen LogP contribution is 2.42. The van der Waals surface area contributed by atoms with Gasteiger partial charge in [0.2, 0.25) is 0 Å². The quantitative estimate of drug-likeness (QED) is 0.738. The van der Waals surface area contributed by atoms with Crippen molar-refractivity contribution in [2.24, 2.45) is 0 Å². The standard InChI is InChI=1S/C13H21NOS/c1-16-13-4-2-3-12(13)14-9-5-6-10(14)8-11(15)7-9/h9-10,12-13H,2-8H2,1H3. The van der Waals surface area contributed by atoms with Crippen molar-refractivity contribution in [3.63, 3.8) is 0 Å². The van der Waals surface area contributed by atoms with Gasteiger partial charge in [0, 0.05) is 36.2 Å². The summed E-state index contributed by atoms with van der Waals surface area (Å²) in [4.78, 5) is 14.3. The van der Waals surface area contributed by atoms with Crippen LogP contribution >= 0.6 is 11.8 Å². The van der Waals surface area contributed by atoms with Gasteiger partial charge >= 0.3 is 0 Å². The monoisotopic (exact) mass is 239 g/mol. The fourth-order valence-corrected chi connectivity index (χ4v) is 5.06. The molecule has 3 fully saturated rings. The molecule has 0 spiro atoms. The number of rotatable bonds is 2. The van der Waals surface area contributed by atoms with E-state index in [2.05, 4.69) is 11.2 Å². The minimum Gasteiger partial charge on any atom is -0.300 e. The van der Waals surface area contributed by atoms with Crippen molar-refractivity contribution in [2.45, 2.75) is 68.3 Å². The second-order valence-electron chi connectivity index (χ2n) is 5.55. The van der Waals surface area contributed by atoms with Gasteiger partial charge in [0.1, 0.15) is 5.78 Å². The summed E-state index contributed by atoms with van der Waals surface area (Å²) in [6.45, 7) is 0. The maximum atomic E-state index is 11.6. The van der Waals surface area contributed by atoms with E-state index in [0.717, 1.165) is 24.1 Å². The SMILES string of the molecule is CSC1CCCC1N1C2CCC1CC(=O)C2. The van der Waals surface area contributed by atoms with Crippen molar-refractivity contribution in [1.82, 2.24) is 4.90 Å². The molecule has 1 aliphatic carbocycles. The molecule has 2 saturated heterocycles. The van der Waals surface area contributed by atoms with Crippen molar-refractivity contribution in [3.8, 4) is 0 Å². The van der Waals surface area contributed by atoms with Gasteiger partial charge in [0.05, 0.1) is 0 Å². The summed E-state index contributed by atoms with van der Waals surface area (Å²) in [5.41, 5.74) is 0. The summed E-state index contributed by atoms with van der Waals surface area (Å²) in [6, 6.07) is 1.98. The number of hydrogen-bond acceptors (Lipinski definition) is 3. The van der Waals surface area contributed by atoms with Crippen LogP contribution < -0.4 is 0 Å². The fraction of sp³-hybridized carbons (Fsp3) is 0.923. The molecular formula is C13H21NOS. The summed E-state index contributed by atoms with van der Waals surface area (Å²) < 4.78 is 0. The van der Waals surface area contributed by atoms with Crippen LogP contribution in [-0.2, 0) is 4.79 Å². The number of nitrogens with zero attached hydrogens (tertiary/aromatic N) is 1. The van der Waals surface area contributed by atoms with Crippen molar-refractivity contribution in [1.29, 1.82) is 0 Å². The first-order valence-electron chi connectivity index (χ1n) is 6.61. The maximum absolute atomic E-state index is 11.6. The molecule has 2 nitrogen and oxygen atoms in total. The van der Waals surface area contributed by atoms with Crippen LogP contribution in [0.5, 0.6) is 0 Å². The van der Waals surface area contributed by atoms with E-state index in [0.29, 0.717) is 17.9 Å². The second kappa shape index (κ2) is 4.34. The van der Waals surface area contributed by atoms with Gasteiger partial charge in [-0.2, -0.15) is 11.8 Å². The second-order valence-corrected chi connectivity index (χ2v) is 6.63. The van der Waals surface area contributed by atoms with Gasteiger partial charge in [-0.1, -0.05) is 6.42 Å². The molecule has 16 heavy (non-hydrogen) atoms. The lowest BCUT2D eigenvalue weighted by Gasteiger charge is -2.40. The summed E-state index contributed by atoms with van der Waals surface area (Å²) in [5, 5.41) is 0.830. The minimum absolute atomic E-state index is 0.516. The Morgan fingerprint density at radius 2 is 1.81 bits per heavy atom. The highest BCUT2D eigenvalue weighted by Gasteiger charge is 2.46. The first-order chi connectivity index (χ1) is 7.79. The van der Waals surface area contributed by atoms with Crippen LogP contribution in [0, 0.1) is 0 Å². The number of fused-ring (bicyclic) bond motifs is 2. The van der Waals surface area contributed by atoms with Crippen LogP contribution in [0.4, 0.5) is 0 Å². The molecule has 0 N–H and O–H groups in total. The summed E-state index contributed by atoms with van der Waals surface area (Å²) in [5.74, 6) is 0.516. The zero-order valence-corrected chi connectivity index (χ0v) is 10.8. The van der Waals surface area contributed by atoms with Gasteiger partial charge in [-0.25, -0.2) is 0 Å². The number of hydrogen-bond donors (Lipinski definition) is 0. The van der Waals surface area contributed by atoms with E-state index in [1.165, 1.54) is 32.1 Å². The lowest BCUT2D eigenvalue weighted by Crippen LogP contribution is -2.51. The summed E-state index contributed by atoms with van der Waals surface area (Å²) >= 11 is 2.04. The molecule has 1 saturated carbocycles. The number of carbonyl (C=O) groups is 1. The molecule has 90 valence electrons. The maximum Gasteiger partial charge on any atom is 0.136 e. The number of carbonyl (C=O) groups excluding carboxylic acids is 1. The van der Waals surface area contributed by atoms with E-state index in [9.17, 15) is 4.79 Å². The summed E-state index contributed by atoms with van der Waals surface area (Å²) in [6.07, 6.45) is 10.6. The van der Waals surface area contributed by atoms with Crippen LogP contribution in [-0.4, -0.2) is 40.3 Å². The minimum atomic E-state index is 0.516. The topological polar surface area (TPSA) is 20.3 Å². The highest BCUT2D eigenvalue weighted by atomic mass is 32.2. The molecule has 0 aromatic heterocycles. The first kappa shape index (κ1) is 11.1. The van der Waals surface area contributed by atoms with Crippen LogP contribution in [0.25, 0.3) is 0 Å². The Bertz CT molecular complexity index is 278. The Labute approximate surface area is 102 Å². The van der Waals surface area contributed by atoms with E-state index in [-0.39, 0.29) is 0 Å². The molecule has 0 aromatic carbocycles. The van der Waals surface area contributed by atoms with Gasteiger partial charge in [-0.05, 0) is 31.9 Å². The van der Waals surface area contributed by atoms with Gasteiger partial charge in [0.15, 0.2) is 0 Å². The predicted octanol–water partition coefficient (Wildman–Crippen LogP) is 2.47. The molecule has 4 atom stereocenters. The van der Waals surface area contributed by atoms with Crippen LogP contribution in [0.1, 0.15) is 44.9 Å². The van der Waals surface area contributed by atoms with Crippen molar-refractivity contribution < 1.29 is 4.79 Å². The van der Waals surface area contributed by atoms with E-state index in [1.54, 1.807) is 0 Å². The molecule has 3 heteroatoms. The average molecular weight is 239 g/mol. The molecule has 2 bridgehead atoms.